The molecule has 128 valence electrons. The second-order valence-electron chi connectivity index (χ2n) is 7.30. The van der Waals surface area contributed by atoms with Crippen LogP contribution in [-0.2, 0) is 0 Å². The molecule has 0 saturated carbocycles. The first-order valence-corrected chi connectivity index (χ1v) is 9.06. The second kappa shape index (κ2) is 5.85. The maximum absolute atomic E-state index is 6.13. The van der Waals surface area contributed by atoms with Crippen molar-refractivity contribution in [3.8, 4) is 17.1 Å². The quantitative estimate of drug-likeness (QED) is 0.795. The molecule has 2 aromatic heterocycles. The smallest absolute Gasteiger partial charge is 0.233 e. The maximum Gasteiger partial charge on any atom is 0.233 e. The summed E-state index contributed by atoms with van der Waals surface area (Å²) in [6.07, 6.45) is 7.01. The van der Waals surface area contributed by atoms with Crippen LogP contribution in [0.15, 0.2) is 42.6 Å². The first-order valence-electron chi connectivity index (χ1n) is 9.06. The lowest BCUT2D eigenvalue weighted by Crippen LogP contribution is -2.43. The molecule has 5 nitrogen and oxygen atoms in total. The SMILES string of the molecule is CN1C2CCC1CC(Oc1ccc(-c3ccc4cc[nH]c4c3)nn1)C2. The van der Waals surface area contributed by atoms with E-state index in [1.807, 2.05) is 18.3 Å². The number of fused-ring (bicyclic) bond motifs is 3. The molecular formula is C20H22N4O. The van der Waals surface area contributed by atoms with Gasteiger partial charge in [0, 0.05) is 35.4 Å². The Morgan fingerprint density at radius 2 is 1.88 bits per heavy atom. The minimum atomic E-state index is 0.268. The fraction of sp³-hybridized carbons (Fsp3) is 0.400. The van der Waals surface area contributed by atoms with Crippen molar-refractivity contribution in [2.45, 2.75) is 43.9 Å². The molecule has 2 saturated heterocycles. The van der Waals surface area contributed by atoms with Gasteiger partial charge in [-0.15, -0.1) is 10.2 Å². The molecule has 4 heterocycles. The van der Waals surface area contributed by atoms with E-state index in [4.69, 9.17) is 4.74 Å². The van der Waals surface area contributed by atoms with E-state index in [2.05, 4.69) is 51.4 Å². The first-order chi connectivity index (χ1) is 12.3. The first kappa shape index (κ1) is 14.9. The summed E-state index contributed by atoms with van der Waals surface area (Å²) in [5.74, 6) is 0.638. The highest BCUT2D eigenvalue weighted by Gasteiger charge is 2.39. The van der Waals surface area contributed by atoms with Gasteiger partial charge in [-0.2, -0.15) is 0 Å². The van der Waals surface area contributed by atoms with Gasteiger partial charge in [-0.05, 0) is 56.3 Å². The van der Waals surface area contributed by atoms with Gasteiger partial charge in [-0.25, -0.2) is 0 Å². The number of rotatable bonds is 3. The van der Waals surface area contributed by atoms with E-state index < -0.39 is 0 Å². The lowest BCUT2D eigenvalue weighted by Gasteiger charge is -2.35. The Balaban J connectivity index is 1.31. The number of nitrogens with one attached hydrogen (secondary N) is 1. The molecule has 5 rings (SSSR count). The zero-order valence-corrected chi connectivity index (χ0v) is 14.4. The Morgan fingerprint density at radius 3 is 2.64 bits per heavy atom. The van der Waals surface area contributed by atoms with E-state index in [-0.39, 0.29) is 6.10 Å². The molecule has 0 spiro atoms. The highest BCUT2D eigenvalue weighted by Crippen LogP contribution is 2.35. The van der Waals surface area contributed by atoms with Crippen LogP contribution in [0.4, 0.5) is 0 Å². The van der Waals surface area contributed by atoms with Gasteiger partial charge in [0.25, 0.3) is 0 Å². The van der Waals surface area contributed by atoms with Crippen LogP contribution in [0.3, 0.4) is 0 Å². The lowest BCUT2D eigenvalue weighted by molar-refractivity contribution is 0.0626. The molecule has 2 fully saturated rings. The molecular weight excluding hydrogens is 312 g/mol. The van der Waals surface area contributed by atoms with Gasteiger partial charge in [0.15, 0.2) is 0 Å². The van der Waals surface area contributed by atoms with Crippen molar-refractivity contribution in [3.05, 3.63) is 42.6 Å². The monoisotopic (exact) mass is 334 g/mol. The van der Waals surface area contributed by atoms with E-state index >= 15 is 0 Å². The van der Waals surface area contributed by atoms with E-state index in [0.717, 1.165) is 29.6 Å². The van der Waals surface area contributed by atoms with Crippen LogP contribution in [-0.4, -0.2) is 45.3 Å². The summed E-state index contributed by atoms with van der Waals surface area (Å²) in [5.41, 5.74) is 3.04. The number of hydrogen-bond acceptors (Lipinski definition) is 4. The fourth-order valence-corrected chi connectivity index (χ4v) is 4.37. The van der Waals surface area contributed by atoms with E-state index in [9.17, 15) is 0 Å². The van der Waals surface area contributed by atoms with Crippen molar-refractivity contribution >= 4 is 10.9 Å². The summed E-state index contributed by atoms with van der Waals surface area (Å²) in [7, 11) is 2.24. The van der Waals surface area contributed by atoms with Crippen molar-refractivity contribution in [3.63, 3.8) is 0 Å². The molecule has 0 amide bonds. The molecule has 3 aromatic rings. The topological polar surface area (TPSA) is 54.0 Å². The van der Waals surface area contributed by atoms with Crippen LogP contribution < -0.4 is 4.74 Å². The van der Waals surface area contributed by atoms with Gasteiger partial charge in [-0.3, -0.25) is 0 Å². The molecule has 2 unspecified atom stereocenters. The molecule has 2 aliphatic heterocycles. The molecule has 5 heteroatoms. The Kier molecular flexibility index (Phi) is 3.48. The highest BCUT2D eigenvalue weighted by atomic mass is 16.5. The third-order valence-electron chi connectivity index (χ3n) is 5.83. The average Bonchev–Trinajstić information content (AvgIpc) is 3.16. The number of H-pyrrole nitrogens is 1. The predicted octanol–water partition coefficient (Wildman–Crippen LogP) is 3.63. The van der Waals surface area contributed by atoms with Crippen LogP contribution in [0, 0.1) is 0 Å². The second-order valence-corrected chi connectivity index (χ2v) is 7.30. The number of ether oxygens (including phenoxy) is 1. The number of aromatic amines is 1. The Morgan fingerprint density at radius 1 is 1.04 bits per heavy atom. The van der Waals surface area contributed by atoms with Gasteiger partial charge in [0.1, 0.15) is 6.10 Å². The van der Waals surface area contributed by atoms with Crippen LogP contribution in [0.25, 0.3) is 22.2 Å². The summed E-state index contributed by atoms with van der Waals surface area (Å²) in [5, 5.41) is 9.89. The third kappa shape index (κ3) is 2.68. The normalized spacial score (nSPS) is 26.2. The van der Waals surface area contributed by atoms with Crippen molar-refractivity contribution in [1.82, 2.24) is 20.1 Å². The minimum absolute atomic E-state index is 0.268. The van der Waals surface area contributed by atoms with Gasteiger partial charge >= 0.3 is 0 Å². The summed E-state index contributed by atoms with van der Waals surface area (Å²) < 4.78 is 6.13. The van der Waals surface area contributed by atoms with Crippen molar-refractivity contribution in [2.75, 3.05) is 7.05 Å². The van der Waals surface area contributed by atoms with E-state index in [1.54, 1.807) is 0 Å². The number of nitrogens with zero attached hydrogens (tertiary/aromatic N) is 3. The Bertz CT molecular complexity index is 874. The number of benzene rings is 1. The summed E-state index contributed by atoms with van der Waals surface area (Å²) >= 11 is 0. The third-order valence-corrected chi connectivity index (χ3v) is 5.83. The summed E-state index contributed by atoms with van der Waals surface area (Å²) in [6.45, 7) is 0. The molecule has 2 aliphatic rings. The van der Waals surface area contributed by atoms with Crippen LogP contribution in [0.5, 0.6) is 5.88 Å². The molecule has 1 N–H and O–H groups in total. The van der Waals surface area contributed by atoms with E-state index in [0.29, 0.717) is 18.0 Å². The standard InChI is InChI=1S/C20H22N4O/c1-24-15-4-5-16(24)12-17(11-15)25-20-7-6-18(22-23-20)14-3-2-13-8-9-21-19(13)10-14/h2-3,6-10,15-17,21H,4-5,11-12H2,1H3. The van der Waals surface area contributed by atoms with E-state index in [1.165, 1.54) is 18.2 Å². The molecule has 0 aliphatic carbocycles. The van der Waals surface area contributed by atoms with Crippen molar-refractivity contribution in [1.29, 1.82) is 0 Å². The van der Waals surface area contributed by atoms with Crippen molar-refractivity contribution < 1.29 is 4.74 Å². The zero-order valence-electron chi connectivity index (χ0n) is 14.4. The zero-order chi connectivity index (χ0) is 16.8. The predicted molar refractivity (Wildman–Crippen MR) is 97.5 cm³/mol. The maximum atomic E-state index is 6.13. The number of piperidine rings is 1. The fourth-order valence-electron chi connectivity index (χ4n) is 4.37. The molecule has 25 heavy (non-hydrogen) atoms. The molecule has 1 aromatic carbocycles. The number of hydrogen-bond donors (Lipinski definition) is 1. The van der Waals surface area contributed by atoms with Gasteiger partial charge in [0.05, 0.1) is 5.69 Å². The van der Waals surface area contributed by atoms with Crippen LogP contribution >= 0.6 is 0 Å². The summed E-state index contributed by atoms with van der Waals surface area (Å²) in [4.78, 5) is 5.76. The summed E-state index contributed by atoms with van der Waals surface area (Å²) in [6, 6.07) is 13.6. The van der Waals surface area contributed by atoms with Gasteiger partial charge in [-0.1, -0.05) is 12.1 Å². The van der Waals surface area contributed by atoms with Crippen molar-refractivity contribution in [2.24, 2.45) is 0 Å². The van der Waals surface area contributed by atoms with Gasteiger partial charge in [0.2, 0.25) is 5.88 Å². The van der Waals surface area contributed by atoms with Crippen LogP contribution in [0.1, 0.15) is 25.7 Å². The molecule has 0 radical (unpaired) electrons. The lowest BCUT2D eigenvalue weighted by atomic mass is 10.0. The minimum Gasteiger partial charge on any atom is -0.473 e. The Hall–Kier alpha value is -2.40. The average molecular weight is 334 g/mol. The number of aromatic nitrogens is 3. The Labute approximate surface area is 147 Å². The van der Waals surface area contributed by atoms with Crippen LogP contribution in [0.2, 0.25) is 0 Å². The van der Waals surface area contributed by atoms with Gasteiger partial charge < -0.3 is 14.6 Å². The largest absolute Gasteiger partial charge is 0.473 e. The molecule has 2 bridgehead atoms. The highest BCUT2D eigenvalue weighted by molar-refractivity contribution is 5.84. The molecule has 2 atom stereocenters.